The molecule has 0 bridgehead atoms. The highest BCUT2D eigenvalue weighted by Gasteiger charge is 2.32. The van der Waals surface area contributed by atoms with E-state index in [0.29, 0.717) is 12.1 Å². The van der Waals surface area contributed by atoms with Gasteiger partial charge in [0.1, 0.15) is 5.75 Å². The van der Waals surface area contributed by atoms with Crippen LogP contribution in [0.3, 0.4) is 0 Å². The van der Waals surface area contributed by atoms with Gasteiger partial charge in [-0.25, -0.2) is 8.42 Å². The third-order valence-corrected chi connectivity index (χ3v) is 6.59. The largest absolute Gasteiger partial charge is 0.482 e. The van der Waals surface area contributed by atoms with Gasteiger partial charge in [0.05, 0.1) is 31.8 Å². The van der Waals surface area contributed by atoms with Crippen LogP contribution in [-0.4, -0.2) is 20.9 Å². The molecule has 3 aromatic rings. The molecule has 0 aliphatic carbocycles. The van der Waals surface area contributed by atoms with Crippen molar-refractivity contribution in [1.29, 1.82) is 0 Å². The van der Waals surface area contributed by atoms with E-state index in [1.165, 1.54) is 0 Å². The molecule has 0 unspecified atom stereocenters. The smallest absolute Gasteiger partial charge is 0.416 e. The fourth-order valence-corrected chi connectivity index (χ4v) is 4.41. The topological polar surface area (TPSA) is 84.5 Å². The van der Waals surface area contributed by atoms with Crippen LogP contribution in [0.2, 0.25) is 10.0 Å². The molecule has 1 amide bonds. The third-order valence-electron chi connectivity index (χ3n) is 4.58. The van der Waals surface area contributed by atoms with Gasteiger partial charge in [-0.2, -0.15) is 26.3 Å². The van der Waals surface area contributed by atoms with Crippen molar-refractivity contribution in [2.45, 2.75) is 17.2 Å². The average Bonchev–Trinajstić information content (AvgIpc) is 2.78. The monoisotopic (exact) mass is 586 g/mol. The summed E-state index contributed by atoms with van der Waals surface area (Å²) in [6.45, 7) is -0.721. The minimum absolute atomic E-state index is 0.148. The van der Waals surface area contributed by atoms with E-state index < -0.39 is 50.9 Å². The number of amides is 1. The lowest BCUT2D eigenvalue weighted by atomic mass is 10.2. The second kappa shape index (κ2) is 10.7. The molecule has 0 aliphatic rings. The van der Waals surface area contributed by atoms with Crippen LogP contribution >= 0.6 is 23.2 Å². The van der Waals surface area contributed by atoms with E-state index in [2.05, 4.69) is 5.32 Å². The van der Waals surface area contributed by atoms with Gasteiger partial charge in [0.25, 0.3) is 15.9 Å². The maximum Gasteiger partial charge on any atom is 0.416 e. The first-order valence-corrected chi connectivity index (χ1v) is 12.1. The summed E-state index contributed by atoms with van der Waals surface area (Å²) in [5.41, 5.74) is -2.74. The number of carbonyl (C=O) groups excluding carboxylic acids is 1. The lowest BCUT2D eigenvalue weighted by molar-refractivity contribution is -0.138. The molecular weight excluding hydrogens is 573 g/mol. The Labute approximate surface area is 216 Å². The van der Waals surface area contributed by atoms with Crippen molar-refractivity contribution in [3.63, 3.8) is 0 Å². The van der Waals surface area contributed by atoms with Crippen LogP contribution in [0, 0.1) is 0 Å². The van der Waals surface area contributed by atoms with Gasteiger partial charge in [-0.15, -0.1) is 0 Å². The normalized spacial score (nSPS) is 12.2. The summed E-state index contributed by atoms with van der Waals surface area (Å²) in [6.07, 6.45) is -9.34. The minimum atomic E-state index is -4.68. The maximum absolute atomic E-state index is 12.9. The minimum Gasteiger partial charge on any atom is -0.482 e. The number of nitrogens with one attached hydrogen (secondary N) is 2. The number of benzene rings is 3. The van der Waals surface area contributed by atoms with Crippen molar-refractivity contribution in [3.05, 3.63) is 81.8 Å². The zero-order valence-corrected chi connectivity index (χ0v) is 20.4. The van der Waals surface area contributed by atoms with Crippen molar-refractivity contribution in [2.75, 3.05) is 16.6 Å². The molecule has 3 aromatic carbocycles. The molecule has 0 aromatic heterocycles. The second-order valence-electron chi connectivity index (χ2n) is 7.31. The molecule has 2 N–H and O–H groups in total. The molecule has 0 heterocycles. The summed E-state index contributed by atoms with van der Waals surface area (Å²) in [7, 11) is -4.35. The molecule has 3 rings (SSSR count). The van der Waals surface area contributed by atoms with Crippen LogP contribution in [0.5, 0.6) is 5.75 Å². The molecule has 198 valence electrons. The van der Waals surface area contributed by atoms with Gasteiger partial charge in [-0.1, -0.05) is 29.3 Å². The fraction of sp³-hybridized carbons (Fsp3) is 0.136. The van der Waals surface area contributed by atoms with Crippen LogP contribution in [0.1, 0.15) is 11.1 Å². The van der Waals surface area contributed by atoms with Gasteiger partial charge in [0.15, 0.2) is 6.61 Å². The van der Waals surface area contributed by atoms with E-state index >= 15 is 0 Å². The number of halogens is 8. The van der Waals surface area contributed by atoms with Crippen LogP contribution < -0.4 is 14.8 Å². The summed E-state index contributed by atoms with van der Waals surface area (Å²) >= 11 is 11.8. The van der Waals surface area contributed by atoms with Crippen LogP contribution in [-0.2, 0) is 27.2 Å². The summed E-state index contributed by atoms with van der Waals surface area (Å²) < 4.78 is 110. The van der Waals surface area contributed by atoms with Crippen molar-refractivity contribution < 1.29 is 44.3 Å². The Hall–Kier alpha value is -3.16. The molecule has 0 aliphatic heterocycles. The van der Waals surface area contributed by atoms with Gasteiger partial charge in [-0.05, 0) is 54.6 Å². The Morgan fingerprint density at radius 3 is 2.11 bits per heavy atom. The molecule has 0 radical (unpaired) electrons. The van der Waals surface area contributed by atoms with Crippen LogP contribution in [0.4, 0.5) is 37.7 Å². The lowest BCUT2D eigenvalue weighted by Crippen LogP contribution is -2.21. The zero-order chi connectivity index (χ0) is 27.6. The van der Waals surface area contributed by atoms with E-state index in [0.717, 1.165) is 48.5 Å². The van der Waals surface area contributed by atoms with Gasteiger partial charge in [0.2, 0.25) is 0 Å². The molecule has 0 atom stereocenters. The Balaban J connectivity index is 1.68. The number of sulfonamides is 1. The van der Waals surface area contributed by atoms with Crippen LogP contribution in [0.25, 0.3) is 0 Å². The number of ether oxygens (including phenoxy) is 1. The van der Waals surface area contributed by atoms with Gasteiger partial charge in [-0.3, -0.25) is 9.52 Å². The number of anilines is 2. The molecule has 6 nitrogen and oxygen atoms in total. The first-order valence-electron chi connectivity index (χ1n) is 9.85. The Bertz CT molecular complexity index is 1430. The number of hydrogen-bond acceptors (Lipinski definition) is 4. The van der Waals surface area contributed by atoms with E-state index in [9.17, 15) is 39.6 Å². The highest BCUT2D eigenvalue weighted by molar-refractivity contribution is 7.92. The molecule has 0 saturated carbocycles. The quantitative estimate of drug-likeness (QED) is 0.297. The standard InChI is InChI=1S/C22H14Cl2F6N2O4S/c23-16-6-4-13(22(28,29)30)9-18(16)31-20(33)11-36-19-7-5-15(10-17(19)24)37(34,35)32-14-3-1-2-12(8-14)21(25,26)27/h1-10,32H,11H2,(H,31,33). The fourth-order valence-electron chi connectivity index (χ4n) is 2.87. The van der Waals surface area contributed by atoms with Gasteiger partial charge < -0.3 is 10.1 Å². The number of hydrogen-bond donors (Lipinski definition) is 2. The van der Waals surface area contributed by atoms with Gasteiger partial charge in [0, 0.05) is 5.69 Å². The first kappa shape index (κ1) is 28.4. The number of alkyl halides is 6. The van der Waals surface area contributed by atoms with Crippen molar-refractivity contribution in [3.8, 4) is 5.75 Å². The van der Waals surface area contributed by atoms with E-state index in [-0.39, 0.29) is 27.2 Å². The van der Waals surface area contributed by atoms with E-state index in [1.54, 1.807) is 0 Å². The van der Waals surface area contributed by atoms with Crippen molar-refractivity contribution in [2.24, 2.45) is 0 Å². The molecule has 0 saturated heterocycles. The third kappa shape index (κ3) is 7.43. The molecule has 0 spiro atoms. The van der Waals surface area contributed by atoms with E-state index in [1.807, 2.05) is 4.72 Å². The summed E-state index contributed by atoms with van der Waals surface area (Å²) in [5.74, 6) is -1.04. The summed E-state index contributed by atoms with van der Waals surface area (Å²) in [4.78, 5) is 11.7. The molecule has 37 heavy (non-hydrogen) atoms. The van der Waals surface area contributed by atoms with Crippen molar-refractivity contribution in [1.82, 2.24) is 0 Å². The lowest BCUT2D eigenvalue weighted by Gasteiger charge is -2.14. The van der Waals surface area contributed by atoms with Crippen LogP contribution in [0.15, 0.2) is 65.6 Å². The Morgan fingerprint density at radius 2 is 1.49 bits per heavy atom. The highest BCUT2D eigenvalue weighted by atomic mass is 35.5. The number of carbonyl (C=O) groups is 1. The number of rotatable bonds is 7. The predicted octanol–water partition coefficient (Wildman–Crippen LogP) is 6.85. The second-order valence-corrected chi connectivity index (χ2v) is 9.80. The molecular formula is C22H14Cl2F6N2O4S. The summed E-state index contributed by atoms with van der Waals surface area (Å²) in [6, 6.07) is 8.95. The maximum atomic E-state index is 12.9. The summed E-state index contributed by atoms with van der Waals surface area (Å²) in [5, 5.41) is 1.75. The SMILES string of the molecule is O=C(COc1ccc(S(=O)(=O)Nc2cccc(C(F)(F)F)c2)cc1Cl)Nc1cc(C(F)(F)F)ccc1Cl. The van der Waals surface area contributed by atoms with E-state index in [4.69, 9.17) is 27.9 Å². The van der Waals surface area contributed by atoms with Gasteiger partial charge >= 0.3 is 12.4 Å². The predicted molar refractivity (Wildman–Crippen MR) is 124 cm³/mol. The Morgan fingerprint density at radius 1 is 0.838 bits per heavy atom. The Kier molecular flexibility index (Phi) is 8.20. The zero-order valence-electron chi connectivity index (χ0n) is 18.0. The van der Waals surface area contributed by atoms with Crippen molar-refractivity contribution >= 4 is 50.5 Å². The molecule has 0 fully saturated rings. The highest BCUT2D eigenvalue weighted by Crippen LogP contribution is 2.34. The molecule has 15 heteroatoms. The first-order chi connectivity index (χ1) is 17.1. The average molecular weight is 587 g/mol.